The van der Waals surface area contributed by atoms with Gasteiger partial charge in [0.1, 0.15) is 13.2 Å². The van der Waals surface area contributed by atoms with E-state index in [0.29, 0.717) is 29.4 Å². The van der Waals surface area contributed by atoms with Gasteiger partial charge in [-0.3, -0.25) is 4.79 Å². The molecule has 2 aliphatic heterocycles. The van der Waals surface area contributed by atoms with Crippen LogP contribution in [0.25, 0.3) is 0 Å². The minimum atomic E-state index is 0.0638. The lowest BCUT2D eigenvalue weighted by Crippen LogP contribution is -2.29. The first kappa shape index (κ1) is 11.8. The van der Waals surface area contributed by atoms with E-state index < -0.39 is 0 Å². The summed E-state index contributed by atoms with van der Waals surface area (Å²) < 4.78 is 10.9. The number of carbonyl (C=O) groups excluding carboxylic acids is 1. The summed E-state index contributed by atoms with van der Waals surface area (Å²) in [4.78, 5) is 14.6. The fourth-order valence-electron chi connectivity index (χ4n) is 2.26. The van der Waals surface area contributed by atoms with Crippen LogP contribution >= 0.6 is 15.9 Å². The van der Waals surface area contributed by atoms with E-state index in [1.54, 1.807) is 12.1 Å². The smallest absolute Gasteiger partial charge is 0.254 e. The molecular formula is C13H14BrNO3. The monoisotopic (exact) mass is 311 g/mol. The third kappa shape index (κ3) is 2.19. The average molecular weight is 312 g/mol. The molecule has 0 spiro atoms. The Labute approximate surface area is 114 Å². The predicted molar refractivity (Wildman–Crippen MR) is 70.7 cm³/mol. The normalized spacial score (nSPS) is 22.1. The summed E-state index contributed by atoms with van der Waals surface area (Å²) in [5.74, 6) is 1.45. The fraction of sp³-hybridized carbons (Fsp3) is 0.462. The Hall–Kier alpha value is -1.23. The quantitative estimate of drug-likeness (QED) is 0.745. The molecule has 0 aliphatic carbocycles. The summed E-state index contributed by atoms with van der Waals surface area (Å²) in [6.07, 6.45) is 1.01. The lowest BCUT2D eigenvalue weighted by atomic mass is 10.1. The zero-order valence-electron chi connectivity index (χ0n) is 9.89. The van der Waals surface area contributed by atoms with E-state index in [2.05, 4.69) is 15.9 Å². The lowest BCUT2D eigenvalue weighted by Gasteiger charge is -2.20. The standard InChI is InChI=1S/C13H14BrNO3/c14-10-3-4-15(8-10)13(16)9-1-2-11-12(7-9)18-6-5-17-11/h1-2,7,10H,3-6,8H2. The van der Waals surface area contributed by atoms with Gasteiger partial charge in [0.15, 0.2) is 11.5 Å². The van der Waals surface area contributed by atoms with Crippen molar-refractivity contribution in [3.63, 3.8) is 0 Å². The molecule has 1 atom stereocenters. The van der Waals surface area contributed by atoms with Crippen molar-refractivity contribution in [3.05, 3.63) is 23.8 Å². The van der Waals surface area contributed by atoms with E-state index in [9.17, 15) is 4.79 Å². The number of benzene rings is 1. The van der Waals surface area contributed by atoms with Crippen LogP contribution in [-0.2, 0) is 0 Å². The van der Waals surface area contributed by atoms with E-state index in [-0.39, 0.29) is 5.91 Å². The van der Waals surface area contributed by atoms with Crippen molar-refractivity contribution < 1.29 is 14.3 Å². The maximum absolute atomic E-state index is 12.3. The van der Waals surface area contributed by atoms with Crippen LogP contribution < -0.4 is 9.47 Å². The van der Waals surface area contributed by atoms with Gasteiger partial charge >= 0.3 is 0 Å². The zero-order valence-corrected chi connectivity index (χ0v) is 11.5. The van der Waals surface area contributed by atoms with Crippen molar-refractivity contribution in [2.24, 2.45) is 0 Å². The van der Waals surface area contributed by atoms with Crippen molar-refractivity contribution in [3.8, 4) is 11.5 Å². The Kier molecular flexibility index (Phi) is 3.16. The highest BCUT2D eigenvalue weighted by atomic mass is 79.9. The van der Waals surface area contributed by atoms with Crippen LogP contribution in [0.5, 0.6) is 11.5 Å². The number of hydrogen-bond donors (Lipinski definition) is 0. The summed E-state index contributed by atoms with van der Waals surface area (Å²) in [6, 6.07) is 5.39. The second kappa shape index (κ2) is 4.80. The van der Waals surface area contributed by atoms with Gasteiger partial charge in [0, 0.05) is 23.5 Å². The van der Waals surface area contributed by atoms with Gasteiger partial charge in [0.25, 0.3) is 5.91 Å². The van der Waals surface area contributed by atoms with Crippen LogP contribution in [0.2, 0.25) is 0 Å². The van der Waals surface area contributed by atoms with Crippen LogP contribution in [0.3, 0.4) is 0 Å². The number of fused-ring (bicyclic) bond motifs is 1. The summed E-state index contributed by atoms with van der Waals surface area (Å²) in [6.45, 7) is 2.69. The average Bonchev–Trinajstić information content (AvgIpc) is 2.84. The molecule has 0 radical (unpaired) electrons. The molecule has 96 valence electrons. The molecule has 1 fully saturated rings. The first-order valence-electron chi connectivity index (χ1n) is 6.07. The third-order valence-corrected chi connectivity index (χ3v) is 3.95. The van der Waals surface area contributed by atoms with Crippen molar-refractivity contribution >= 4 is 21.8 Å². The molecule has 1 saturated heterocycles. The lowest BCUT2D eigenvalue weighted by molar-refractivity contribution is 0.0792. The first-order valence-corrected chi connectivity index (χ1v) is 6.98. The van der Waals surface area contributed by atoms with Crippen molar-refractivity contribution in [1.29, 1.82) is 0 Å². The molecule has 0 bridgehead atoms. The molecule has 0 saturated carbocycles. The molecular weight excluding hydrogens is 298 g/mol. The van der Waals surface area contributed by atoms with Crippen LogP contribution in [0.1, 0.15) is 16.8 Å². The number of rotatable bonds is 1. The van der Waals surface area contributed by atoms with Gasteiger partial charge in [0.2, 0.25) is 0 Å². The van der Waals surface area contributed by atoms with E-state index >= 15 is 0 Å². The van der Waals surface area contributed by atoms with Crippen LogP contribution in [0, 0.1) is 0 Å². The maximum atomic E-state index is 12.3. The molecule has 1 unspecified atom stereocenters. The van der Waals surface area contributed by atoms with Gasteiger partial charge < -0.3 is 14.4 Å². The van der Waals surface area contributed by atoms with Gasteiger partial charge in [-0.1, -0.05) is 15.9 Å². The summed E-state index contributed by atoms with van der Waals surface area (Å²) >= 11 is 3.54. The topological polar surface area (TPSA) is 38.8 Å². The molecule has 4 nitrogen and oxygen atoms in total. The molecule has 2 heterocycles. The highest BCUT2D eigenvalue weighted by Crippen LogP contribution is 2.31. The first-order chi connectivity index (χ1) is 8.74. The molecule has 5 heteroatoms. The van der Waals surface area contributed by atoms with Gasteiger partial charge in [-0.05, 0) is 24.6 Å². The Morgan fingerprint density at radius 1 is 1.28 bits per heavy atom. The molecule has 3 rings (SSSR count). The van der Waals surface area contributed by atoms with Crippen LogP contribution in [0.4, 0.5) is 0 Å². The Balaban J connectivity index is 1.81. The third-order valence-electron chi connectivity index (χ3n) is 3.21. The van der Waals surface area contributed by atoms with E-state index in [0.717, 1.165) is 25.3 Å². The Bertz CT molecular complexity index is 477. The van der Waals surface area contributed by atoms with E-state index in [1.807, 2.05) is 11.0 Å². The number of ether oxygens (including phenoxy) is 2. The van der Waals surface area contributed by atoms with Crippen molar-refractivity contribution in [2.45, 2.75) is 11.2 Å². The van der Waals surface area contributed by atoms with E-state index in [4.69, 9.17) is 9.47 Å². The Morgan fingerprint density at radius 3 is 2.78 bits per heavy atom. The summed E-state index contributed by atoms with van der Waals surface area (Å²) in [5.41, 5.74) is 0.667. The van der Waals surface area contributed by atoms with Gasteiger partial charge in [-0.15, -0.1) is 0 Å². The Morgan fingerprint density at radius 2 is 2.06 bits per heavy atom. The summed E-state index contributed by atoms with van der Waals surface area (Å²) in [5, 5.41) is 0. The number of carbonyl (C=O) groups is 1. The highest BCUT2D eigenvalue weighted by Gasteiger charge is 2.26. The summed E-state index contributed by atoms with van der Waals surface area (Å²) in [7, 11) is 0. The predicted octanol–water partition coefficient (Wildman–Crippen LogP) is 2.07. The second-order valence-corrected chi connectivity index (χ2v) is 5.79. The van der Waals surface area contributed by atoms with Crippen molar-refractivity contribution in [2.75, 3.05) is 26.3 Å². The number of hydrogen-bond acceptors (Lipinski definition) is 3. The fourth-order valence-corrected chi connectivity index (χ4v) is 2.82. The van der Waals surface area contributed by atoms with E-state index in [1.165, 1.54) is 0 Å². The van der Waals surface area contributed by atoms with Gasteiger partial charge in [-0.2, -0.15) is 0 Å². The number of halogens is 1. The second-order valence-electron chi connectivity index (χ2n) is 4.50. The molecule has 18 heavy (non-hydrogen) atoms. The molecule has 1 aromatic carbocycles. The van der Waals surface area contributed by atoms with Crippen molar-refractivity contribution in [1.82, 2.24) is 4.90 Å². The SMILES string of the molecule is O=C(c1ccc2c(c1)OCCO2)N1CCC(Br)C1. The minimum absolute atomic E-state index is 0.0638. The molecule has 0 aromatic heterocycles. The number of likely N-dealkylation sites (tertiary alicyclic amines) is 1. The zero-order chi connectivity index (χ0) is 12.5. The van der Waals surface area contributed by atoms with Gasteiger partial charge in [-0.25, -0.2) is 0 Å². The van der Waals surface area contributed by atoms with Crippen LogP contribution in [-0.4, -0.2) is 41.9 Å². The largest absolute Gasteiger partial charge is 0.486 e. The molecule has 1 amide bonds. The number of amides is 1. The van der Waals surface area contributed by atoms with Crippen LogP contribution in [0.15, 0.2) is 18.2 Å². The maximum Gasteiger partial charge on any atom is 0.254 e. The highest BCUT2D eigenvalue weighted by molar-refractivity contribution is 9.09. The molecule has 2 aliphatic rings. The molecule has 0 N–H and O–H groups in total. The molecule has 1 aromatic rings. The number of nitrogens with zero attached hydrogens (tertiary/aromatic N) is 1. The minimum Gasteiger partial charge on any atom is -0.486 e. The number of alkyl halides is 1. The van der Waals surface area contributed by atoms with Gasteiger partial charge in [0.05, 0.1) is 0 Å².